The molecular weight excluding hydrogens is 384 g/mol. The summed E-state index contributed by atoms with van der Waals surface area (Å²) in [5.41, 5.74) is 1.51. The van der Waals surface area contributed by atoms with E-state index in [1.807, 2.05) is 13.8 Å². The van der Waals surface area contributed by atoms with E-state index in [2.05, 4.69) is 20.9 Å². The van der Waals surface area contributed by atoms with E-state index in [1.165, 1.54) is 6.92 Å². The van der Waals surface area contributed by atoms with Gasteiger partial charge in [0.05, 0.1) is 12.2 Å². The lowest BCUT2D eigenvalue weighted by molar-refractivity contribution is -0.114. The Hall–Kier alpha value is -3.23. The molecular formula is C21H28N6O3. The molecule has 1 aromatic heterocycles. The largest absolute Gasteiger partial charge is 0.350 e. The number of carbonyl (C=O) groups excluding carboxylic acids is 3. The third-order valence-corrected chi connectivity index (χ3v) is 4.92. The second-order valence-corrected chi connectivity index (χ2v) is 7.99. The van der Waals surface area contributed by atoms with Crippen LogP contribution in [0.2, 0.25) is 0 Å². The summed E-state index contributed by atoms with van der Waals surface area (Å²) in [6.07, 6.45) is 3.35. The second kappa shape index (κ2) is 9.51. The van der Waals surface area contributed by atoms with Crippen molar-refractivity contribution >= 4 is 23.4 Å². The molecule has 1 aliphatic rings. The van der Waals surface area contributed by atoms with Crippen LogP contribution in [0.1, 0.15) is 60.5 Å². The average Bonchev–Trinajstić information content (AvgIpc) is 3.22. The maximum Gasteiger partial charge on any atom is 0.273 e. The summed E-state index contributed by atoms with van der Waals surface area (Å²) in [6.45, 7) is 7.24. The minimum Gasteiger partial charge on any atom is -0.350 e. The summed E-state index contributed by atoms with van der Waals surface area (Å²) in [4.78, 5) is 38.0. The lowest BCUT2D eigenvalue weighted by atomic mass is 10.0. The van der Waals surface area contributed by atoms with E-state index < -0.39 is 0 Å². The van der Waals surface area contributed by atoms with Crippen LogP contribution in [0.25, 0.3) is 0 Å². The summed E-state index contributed by atoms with van der Waals surface area (Å²) in [6, 6.07) is 6.83. The Balaban J connectivity index is 1.63. The summed E-state index contributed by atoms with van der Waals surface area (Å²) < 4.78 is 1.68. The van der Waals surface area contributed by atoms with Crippen LogP contribution in [-0.4, -0.2) is 57.2 Å². The zero-order valence-electron chi connectivity index (χ0n) is 17.6. The Morgan fingerprint density at radius 1 is 1.20 bits per heavy atom. The maximum absolute atomic E-state index is 12.9. The third-order valence-electron chi connectivity index (χ3n) is 4.92. The second-order valence-electron chi connectivity index (χ2n) is 7.99. The molecule has 3 rings (SSSR count). The molecule has 1 aliphatic heterocycles. The molecule has 0 spiro atoms. The number of amides is 3. The summed E-state index contributed by atoms with van der Waals surface area (Å²) in [5.74, 6) is -0.103. The molecule has 2 aromatic rings. The van der Waals surface area contributed by atoms with Crippen molar-refractivity contribution in [3.05, 3.63) is 41.7 Å². The fraction of sp³-hybridized carbons (Fsp3) is 0.476. The Morgan fingerprint density at radius 2 is 1.93 bits per heavy atom. The molecule has 1 unspecified atom stereocenters. The van der Waals surface area contributed by atoms with Crippen molar-refractivity contribution in [2.75, 3.05) is 25.0 Å². The lowest BCUT2D eigenvalue weighted by Gasteiger charge is -2.32. The fourth-order valence-electron chi connectivity index (χ4n) is 3.38. The van der Waals surface area contributed by atoms with Gasteiger partial charge in [0, 0.05) is 37.8 Å². The van der Waals surface area contributed by atoms with Gasteiger partial charge >= 0.3 is 0 Å². The van der Waals surface area contributed by atoms with E-state index in [0.717, 1.165) is 12.8 Å². The molecule has 1 atom stereocenters. The van der Waals surface area contributed by atoms with Crippen molar-refractivity contribution in [2.24, 2.45) is 5.92 Å². The summed E-state index contributed by atoms with van der Waals surface area (Å²) >= 11 is 0. The van der Waals surface area contributed by atoms with Crippen LogP contribution in [0, 0.1) is 5.92 Å². The Morgan fingerprint density at radius 3 is 2.60 bits per heavy atom. The summed E-state index contributed by atoms with van der Waals surface area (Å²) in [7, 11) is 0. The SMILES string of the molecule is CC(=O)Nc1ccc(C(=O)N2CCCC(n3cc(C(=O)NCC(C)C)nn3)C2)cc1. The molecule has 2 N–H and O–H groups in total. The number of nitrogens with one attached hydrogen (secondary N) is 2. The van der Waals surface area contributed by atoms with Crippen LogP contribution in [-0.2, 0) is 4.79 Å². The minimum atomic E-state index is -0.238. The zero-order chi connectivity index (χ0) is 21.7. The highest BCUT2D eigenvalue weighted by atomic mass is 16.2. The highest BCUT2D eigenvalue weighted by Crippen LogP contribution is 2.23. The Labute approximate surface area is 175 Å². The van der Waals surface area contributed by atoms with Crippen molar-refractivity contribution in [1.82, 2.24) is 25.2 Å². The van der Waals surface area contributed by atoms with Crippen LogP contribution in [0.3, 0.4) is 0 Å². The highest BCUT2D eigenvalue weighted by molar-refractivity contribution is 5.95. The van der Waals surface area contributed by atoms with Crippen molar-refractivity contribution in [1.29, 1.82) is 0 Å². The number of nitrogens with zero attached hydrogens (tertiary/aromatic N) is 4. The van der Waals surface area contributed by atoms with Crippen LogP contribution in [0.5, 0.6) is 0 Å². The van der Waals surface area contributed by atoms with Crippen LogP contribution < -0.4 is 10.6 Å². The van der Waals surface area contributed by atoms with Gasteiger partial charge in [-0.1, -0.05) is 19.1 Å². The quantitative estimate of drug-likeness (QED) is 0.755. The van der Waals surface area contributed by atoms with Crippen LogP contribution in [0.15, 0.2) is 30.5 Å². The van der Waals surface area contributed by atoms with Gasteiger partial charge < -0.3 is 15.5 Å². The van der Waals surface area contributed by atoms with Crippen molar-refractivity contribution in [3.63, 3.8) is 0 Å². The monoisotopic (exact) mass is 412 g/mol. The molecule has 160 valence electrons. The van der Waals surface area contributed by atoms with E-state index in [1.54, 1.807) is 40.0 Å². The number of anilines is 1. The number of benzene rings is 1. The van der Waals surface area contributed by atoms with Crippen LogP contribution in [0.4, 0.5) is 5.69 Å². The van der Waals surface area contributed by atoms with Gasteiger partial charge in [-0.25, -0.2) is 4.68 Å². The predicted molar refractivity (Wildman–Crippen MR) is 112 cm³/mol. The van der Waals surface area contributed by atoms with Gasteiger partial charge in [0.25, 0.3) is 11.8 Å². The predicted octanol–water partition coefficient (Wildman–Crippen LogP) is 2.10. The molecule has 1 fully saturated rings. The van der Waals surface area contributed by atoms with Gasteiger partial charge in [-0.2, -0.15) is 0 Å². The fourth-order valence-corrected chi connectivity index (χ4v) is 3.38. The number of aromatic nitrogens is 3. The molecule has 3 amide bonds. The molecule has 0 saturated carbocycles. The zero-order valence-corrected chi connectivity index (χ0v) is 17.6. The number of piperidine rings is 1. The lowest BCUT2D eigenvalue weighted by Crippen LogP contribution is -2.40. The number of carbonyl (C=O) groups is 3. The van der Waals surface area contributed by atoms with Gasteiger partial charge in [-0.3, -0.25) is 14.4 Å². The first-order valence-electron chi connectivity index (χ1n) is 10.2. The number of rotatable bonds is 6. The molecule has 0 radical (unpaired) electrons. The molecule has 0 aliphatic carbocycles. The average molecular weight is 412 g/mol. The van der Waals surface area contributed by atoms with E-state index in [0.29, 0.717) is 36.8 Å². The van der Waals surface area contributed by atoms with Gasteiger partial charge in [-0.05, 0) is 43.0 Å². The molecule has 1 aromatic carbocycles. The van der Waals surface area contributed by atoms with E-state index in [4.69, 9.17) is 0 Å². The van der Waals surface area contributed by atoms with Crippen molar-refractivity contribution in [2.45, 2.75) is 39.7 Å². The number of hydrogen-bond acceptors (Lipinski definition) is 5. The molecule has 0 bridgehead atoms. The number of hydrogen-bond donors (Lipinski definition) is 2. The first kappa shape index (κ1) is 21.5. The Kier molecular flexibility index (Phi) is 6.81. The molecule has 9 nitrogen and oxygen atoms in total. The molecule has 1 saturated heterocycles. The highest BCUT2D eigenvalue weighted by Gasteiger charge is 2.27. The molecule has 9 heteroatoms. The molecule has 30 heavy (non-hydrogen) atoms. The van der Waals surface area contributed by atoms with Gasteiger partial charge in [0.15, 0.2) is 5.69 Å². The van der Waals surface area contributed by atoms with Gasteiger partial charge in [-0.15, -0.1) is 5.10 Å². The summed E-state index contributed by atoms with van der Waals surface area (Å²) in [5, 5.41) is 13.6. The third kappa shape index (κ3) is 5.43. The minimum absolute atomic E-state index is 0.0273. The van der Waals surface area contributed by atoms with E-state index in [-0.39, 0.29) is 29.5 Å². The van der Waals surface area contributed by atoms with E-state index >= 15 is 0 Å². The normalized spacial score (nSPS) is 16.4. The topological polar surface area (TPSA) is 109 Å². The Bertz CT molecular complexity index is 906. The van der Waals surface area contributed by atoms with Crippen LogP contribution >= 0.6 is 0 Å². The standard InChI is InChI=1S/C21H28N6O3/c1-14(2)11-22-20(29)19-13-27(25-24-19)18-5-4-10-26(12-18)21(30)16-6-8-17(9-7-16)23-15(3)28/h6-9,13-14,18H,4-5,10-12H2,1-3H3,(H,22,29)(H,23,28). The molecule has 2 heterocycles. The first-order chi connectivity index (χ1) is 14.3. The van der Waals surface area contributed by atoms with Gasteiger partial charge in [0.1, 0.15) is 0 Å². The van der Waals surface area contributed by atoms with E-state index in [9.17, 15) is 14.4 Å². The smallest absolute Gasteiger partial charge is 0.273 e. The first-order valence-corrected chi connectivity index (χ1v) is 10.2. The number of likely N-dealkylation sites (tertiary alicyclic amines) is 1. The maximum atomic E-state index is 12.9. The van der Waals surface area contributed by atoms with Gasteiger partial charge in [0.2, 0.25) is 5.91 Å². The van der Waals surface area contributed by atoms with Crippen molar-refractivity contribution < 1.29 is 14.4 Å². The van der Waals surface area contributed by atoms with Crippen molar-refractivity contribution in [3.8, 4) is 0 Å².